The molecular formula is C12H18FNO2S. The normalized spacial score (nSPS) is 11.6. The molecular weight excluding hydrogens is 241 g/mol. The van der Waals surface area contributed by atoms with Crippen molar-refractivity contribution in [3.05, 3.63) is 35.6 Å². The smallest absolute Gasteiger partial charge is 0.151 e. The predicted molar refractivity (Wildman–Crippen MR) is 67.3 cm³/mol. The van der Waals surface area contributed by atoms with Gasteiger partial charge in [0.2, 0.25) is 0 Å². The maximum Gasteiger partial charge on any atom is 0.151 e. The molecule has 1 rings (SSSR count). The minimum absolute atomic E-state index is 0.159. The Hall–Kier alpha value is -0.940. The molecule has 0 spiro atoms. The second-order valence-electron chi connectivity index (χ2n) is 3.87. The zero-order valence-electron chi connectivity index (χ0n) is 9.95. The second kappa shape index (κ2) is 6.71. The van der Waals surface area contributed by atoms with E-state index >= 15 is 0 Å². The Morgan fingerprint density at radius 1 is 1.29 bits per heavy atom. The fourth-order valence-corrected chi connectivity index (χ4v) is 2.17. The zero-order valence-corrected chi connectivity index (χ0v) is 10.8. The van der Waals surface area contributed by atoms with Gasteiger partial charge in [-0.25, -0.2) is 12.8 Å². The maximum absolute atomic E-state index is 12.8. The van der Waals surface area contributed by atoms with Gasteiger partial charge in [0.25, 0.3) is 0 Å². The summed E-state index contributed by atoms with van der Waals surface area (Å²) >= 11 is 0. The van der Waals surface area contributed by atoms with Gasteiger partial charge in [-0.15, -0.1) is 0 Å². The molecule has 0 fully saturated rings. The van der Waals surface area contributed by atoms with Crippen molar-refractivity contribution in [3.8, 4) is 0 Å². The van der Waals surface area contributed by atoms with Gasteiger partial charge in [-0.1, -0.05) is 19.1 Å². The highest BCUT2D eigenvalue weighted by atomic mass is 32.2. The number of nitrogens with one attached hydrogen (secondary N) is 1. The van der Waals surface area contributed by atoms with Crippen molar-refractivity contribution in [2.24, 2.45) is 0 Å². The van der Waals surface area contributed by atoms with Gasteiger partial charge in [0.05, 0.1) is 5.75 Å². The lowest BCUT2D eigenvalue weighted by Gasteiger charge is -2.05. The van der Waals surface area contributed by atoms with E-state index in [1.54, 1.807) is 13.0 Å². The molecule has 0 aliphatic rings. The first-order valence-corrected chi connectivity index (χ1v) is 7.51. The van der Waals surface area contributed by atoms with Crippen LogP contribution in [0.5, 0.6) is 0 Å². The average Bonchev–Trinajstić information content (AvgIpc) is 2.29. The van der Waals surface area contributed by atoms with Gasteiger partial charge >= 0.3 is 0 Å². The molecule has 0 bridgehead atoms. The summed E-state index contributed by atoms with van der Waals surface area (Å²) in [5.74, 6) is 0.0988. The molecule has 96 valence electrons. The molecule has 0 atom stereocenters. The van der Waals surface area contributed by atoms with Gasteiger partial charge in [-0.3, -0.25) is 0 Å². The van der Waals surface area contributed by atoms with Crippen LogP contribution >= 0.6 is 0 Å². The van der Waals surface area contributed by atoms with Crippen LogP contribution < -0.4 is 5.32 Å². The molecule has 5 heteroatoms. The van der Waals surface area contributed by atoms with Crippen LogP contribution in [0.15, 0.2) is 24.3 Å². The highest BCUT2D eigenvalue weighted by Crippen LogP contribution is 2.03. The van der Waals surface area contributed by atoms with Gasteiger partial charge in [0.1, 0.15) is 5.82 Å². The van der Waals surface area contributed by atoms with E-state index in [9.17, 15) is 12.8 Å². The fraction of sp³-hybridized carbons (Fsp3) is 0.500. The molecule has 0 aromatic heterocycles. The van der Waals surface area contributed by atoms with Crippen molar-refractivity contribution >= 4 is 9.84 Å². The second-order valence-corrected chi connectivity index (χ2v) is 6.34. The van der Waals surface area contributed by atoms with Crippen molar-refractivity contribution in [3.63, 3.8) is 0 Å². The van der Waals surface area contributed by atoms with Crippen molar-refractivity contribution < 1.29 is 12.8 Å². The topological polar surface area (TPSA) is 46.2 Å². The summed E-state index contributed by atoms with van der Waals surface area (Å²) < 4.78 is 35.2. The van der Waals surface area contributed by atoms with Crippen LogP contribution in [-0.4, -0.2) is 33.0 Å². The molecule has 0 aliphatic carbocycles. The summed E-state index contributed by atoms with van der Waals surface area (Å²) in [5, 5.41) is 3.04. The summed E-state index contributed by atoms with van der Waals surface area (Å²) in [6, 6.07) is 6.43. The first-order chi connectivity index (χ1) is 8.03. The minimum atomic E-state index is -2.89. The van der Waals surface area contributed by atoms with Crippen molar-refractivity contribution in [1.29, 1.82) is 0 Å². The predicted octanol–water partition coefficient (Wildman–Crippen LogP) is 1.39. The molecule has 0 amide bonds. The quantitative estimate of drug-likeness (QED) is 0.753. The Labute approximate surface area is 102 Å². The number of hydrogen-bond acceptors (Lipinski definition) is 3. The largest absolute Gasteiger partial charge is 0.315 e. The van der Waals surface area contributed by atoms with Crippen LogP contribution in [0.4, 0.5) is 4.39 Å². The van der Waals surface area contributed by atoms with Gasteiger partial charge in [0.15, 0.2) is 9.84 Å². The standard InChI is InChI=1S/C12H18FNO2S/c1-2-17(15,16)9-8-14-7-6-11-4-3-5-12(13)10-11/h3-5,10,14H,2,6-9H2,1H3. The van der Waals surface area contributed by atoms with E-state index in [1.165, 1.54) is 12.1 Å². The van der Waals surface area contributed by atoms with Crippen molar-refractivity contribution in [2.75, 3.05) is 24.6 Å². The third kappa shape index (κ3) is 5.79. The Morgan fingerprint density at radius 2 is 2.06 bits per heavy atom. The van der Waals surface area contributed by atoms with Crippen LogP contribution in [0.1, 0.15) is 12.5 Å². The molecule has 0 unspecified atom stereocenters. The van der Waals surface area contributed by atoms with Crippen LogP contribution in [-0.2, 0) is 16.3 Å². The molecule has 0 saturated carbocycles. The summed E-state index contributed by atoms with van der Waals surface area (Å²) in [6.45, 7) is 2.75. The van der Waals surface area contributed by atoms with Crippen LogP contribution in [0.2, 0.25) is 0 Å². The molecule has 17 heavy (non-hydrogen) atoms. The Morgan fingerprint density at radius 3 is 2.71 bits per heavy atom. The van der Waals surface area contributed by atoms with Crippen LogP contribution in [0, 0.1) is 5.82 Å². The minimum Gasteiger partial charge on any atom is -0.315 e. The average molecular weight is 259 g/mol. The molecule has 0 heterocycles. The highest BCUT2D eigenvalue weighted by molar-refractivity contribution is 7.91. The lowest BCUT2D eigenvalue weighted by atomic mass is 10.1. The van der Waals surface area contributed by atoms with E-state index in [1.807, 2.05) is 6.07 Å². The van der Waals surface area contributed by atoms with E-state index in [0.717, 1.165) is 5.56 Å². The number of halogens is 1. The summed E-state index contributed by atoms with van der Waals surface area (Å²) in [7, 11) is -2.89. The third-order valence-electron chi connectivity index (χ3n) is 2.51. The molecule has 1 aromatic rings. The number of benzene rings is 1. The Bertz CT molecular complexity index is 446. The number of sulfone groups is 1. The zero-order chi connectivity index (χ0) is 12.7. The molecule has 1 N–H and O–H groups in total. The molecule has 0 aliphatic heterocycles. The van der Waals surface area contributed by atoms with Crippen molar-refractivity contribution in [2.45, 2.75) is 13.3 Å². The summed E-state index contributed by atoms with van der Waals surface area (Å²) in [5.41, 5.74) is 0.913. The summed E-state index contributed by atoms with van der Waals surface area (Å²) in [4.78, 5) is 0. The fourth-order valence-electron chi connectivity index (χ4n) is 1.42. The number of hydrogen-bond donors (Lipinski definition) is 1. The van der Waals surface area contributed by atoms with Gasteiger partial charge in [-0.05, 0) is 30.7 Å². The van der Waals surface area contributed by atoms with E-state index < -0.39 is 9.84 Å². The lowest BCUT2D eigenvalue weighted by Crippen LogP contribution is -2.25. The third-order valence-corrected chi connectivity index (χ3v) is 4.21. The number of rotatable bonds is 7. The first-order valence-electron chi connectivity index (χ1n) is 5.69. The Kier molecular flexibility index (Phi) is 5.58. The summed E-state index contributed by atoms with van der Waals surface area (Å²) in [6.07, 6.45) is 0.698. The molecule has 3 nitrogen and oxygen atoms in total. The van der Waals surface area contributed by atoms with Crippen molar-refractivity contribution in [1.82, 2.24) is 5.32 Å². The van der Waals surface area contributed by atoms with E-state index in [0.29, 0.717) is 19.5 Å². The van der Waals surface area contributed by atoms with E-state index in [4.69, 9.17) is 0 Å². The monoisotopic (exact) mass is 259 g/mol. The maximum atomic E-state index is 12.8. The highest BCUT2D eigenvalue weighted by Gasteiger charge is 2.05. The van der Waals surface area contributed by atoms with Gasteiger partial charge in [0, 0.05) is 12.3 Å². The first kappa shape index (κ1) is 14.1. The van der Waals surface area contributed by atoms with E-state index in [-0.39, 0.29) is 17.3 Å². The SMILES string of the molecule is CCS(=O)(=O)CCNCCc1cccc(F)c1. The van der Waals surface area contributed by atoms with Crippen LogP contribution in [0.25, 0.3) is 0 Å². The molecule has 0 saturated heterocycles. The Balaban J connectivity index is 2.21. The molecule has 0 radical (unpaired) electrons. The molecule has 1 aromatic carbocycles. The van der Waals surface area contributed by atoms with Gasteiger partial charge in [-0.2, -0.15) is 0 Å². The van der Waals surface area contributed by atoms with Crippen LogP contribution in [0.3, 0.4) is 0 Å². The van der Waals surface area contributed by atoms with Gasteiger partial charge < -0.3 is 5.32 Å². The van der Waals surface area contributed by atoms with E-state index in [2.05, 4.69) is 5.32 Å². The lowest BCUT2D eigenvalue weighted by molar-refractivity contribution is 0.592.